The van der Waals surface area contributed by atoms with Crippen LogP contribution < -0.4 is 4.52 Å². The van der Waals surface area contributed by atoms with Gasteiger partial charge in [0, 0.05) is 5.56 Å². The van der Waals surface area contributed by atoms with Gasteiger partial charge in [0.1, 0.15) is 5.75 Å². The molecule has 4 nitrogen and oxygen atoms in total. The molecule has 0 aromatic heterocycles. The maximum absolute atomic E-state index is 11.8. The van der Waals surface area contributed by atoms with Crippen LogP contribution in [0.3, 0.4) is 0 Å². The zero-order valence-electron chi connectivity index (χ0n) is 20.1. The molecule has 0 amide bonds. The molecule has 0 aliphatic heterocycles. The van der Waals surface area contributed by atoms with E-state index in [9.17, 15) is 14.4 Å². The molecular weight excluding hydrogens is 383 g/mol. The Hall–Kier alpha value is -0.830. The van der Waals surface area contributed by atoms with Crippen LogP contribution in [-0.4, -0.2) is 9.79 Å². The predicted molar refractivity (Wildman–Crippen MR) is 123 cm³/mol. The quantitative estimate of drug-likeness (QED) is 0.362. The van der Waals surface area contributed by atoms with E-state index in [4.69, 9.17) is 4.52 Å². The van der Waals surface area contributed by atoms with Crippen LogP contribution in [0.15, 0.2) is 12.1 Å². The lowest BCUT2D eigenvalue weighted by molar-refractivity contribution is 0.278. The largest absolute Gasteiger partial charge is 0.524 e. The van der Waals surface area contributed by atoms with E-state index in [1.165, 1.54) is 11.1 Å². The Bertz CT molecular complexity index is 729. The second-order valence-corrected chi connectivity index (χ2v) is 11.5. The van der Waals surface area contributed by atoms with Crippen molar-refractivity contribution in [3.8, 4) is 5.75 Å². The SMILES string of the molecule is CCCC(C)(C)c1ccc(OP(=O)(O)O)c(C(C)(C)CCC)c1C(C)(C)CCC. The molecule has 0 saturated carbocycles. The predicted octanol–water partition coefficient (Wildman–Crippen LogP) is 7.39. The van der Waals surface area contributed by atoms with Crippen LogP contribution in [0.2, 0.25) is 0 Å². The Morgan fingerprint density at radius 1 is 0.759 bits per heavy atom. The minimum Gasteiger partial charge on any atom is -0.404 e. The fourth-order valence-electron chi connectivity index (χ4n) is 4.99. The zero-order valence-corrected chi connectivity index (χ0v) is 20.9. The second-order valence-electron chi connectivity index (χ2n) is 10.3. The number of hydrogen-bond acceptors (Lipinski definition) is 2. The molecule has 0 atom stereocenters. The van der Waals surface area contributed by atoms with E-state index in [2.05, 4.69) is 62.3 Å². The van der Waals surface area contributed by atoms with Gasteiger partial charge in [-0.15, -0.1) is 0 Å². The van der Waals surface area contributed by atoms with Crippen molar-refractivity contribution in [1.29, 1.82) is 0 Å². The first-order chi connectivity index (χ1) is 13.1. The van der Waals surface area contributed by atoms with Crippen LogP contribution in [0.1, 0.15) is 118 Å². The van der Waals surface area contributed by atoms with Crippen LogP contribution in [0.4, 0.5) is 0 Å². The molecule has 1 rings (SSSR count). The van der Waals surface area contributed by atoms with Crippen LogP contribution >= 0.6 is 7.82 Å². The summed E-state index contributed by atoms with van der Waals surface area (Å²) >= 11 is 0. The third-order valence-electron chi connectivity index (χ3n) is 6.09. The van der Waals surface area contributed by atoms with Crippen LogP contribution in [0.5, 0.6) is 5.75 Å². The Labute approximate surface area is 178 Å². The average molecular weight is 427 g/mol. The normalized spacial score (nSPS) is 13.6. The lowest BCUT2D eigenvalue weighted by Gasteiger charge is -2.41. The van der Waals surface area contributed by atoms with Crippen molar-refractivity contribution in [2.45, 2.75) is 117 Å². The molecule has 1 aromatic carbocycles. The molecule has 5 heteroatoms. The molecule has 0 bridgehead atoms. The highest BCUT2D eigenvalue weighted by Gasteiger charge is 2.39. The van der Waals surface area contributed by atoms with E-state index in [0.717, 1.165) is 44.1 Å². The molecule has 29 heavy (non-hydrogen) atoms. The summed E-state index contributed by atoms with van der Waals surface area (Å²) in [7, 11) is -4.66. The minimum atomic E-state index is -4.66. The highest BCUT2D eigenvalue weighted by molar-refractivity contribution is 7.46. The molecule has 0 spiro atoms. The van der Waals surface area contributed by atoms with Gasteiger partial charge in [-0.05, 0) is 52.7 Å². The summed E-state index contributed by atoms with van der Waals surface area (Å²) in [6.07, 6.45) is 6.06. The Morgan fingerprint density at radius 3 is 1.59 bits per heavy atom. The van der Waals surface area contributed by atoms with Crippen molar-refractivity contribution in [3.63, 3.8) is 0 Å². The minimum absolute atomic E-state index is 0.0349. The topological polar surface area (TPSA) is 66.8 Å². The molecule has 0 heterocycles. The fraction of sp³-hybridized carbons (Fsp3) is 0.750. The Kier molecular flexibility index (Phi) is 8.62. The van der Waals surface area contributed by atoms with Crippen molar-refractivity contribution in [2.24, 2.45) is 0 Å². The first kappa shape index (κ1) is 26.2. The van der Waals surface area contributed by atoms with Crippen molar-refractivity contribution in [1.82, 2.24) is 0 Å². The smallest absolute Gasteiger partial charge is 0.404 e. The molecule has 0 saturated heterocycles. The monoisotopic (exact) mass is 426 g/mol. The number of benzene rings is 1. The van der Waals surface area contributed by atoms with Gasteiger partial charge >= 0.3 is 7.82 Å². The first-order valence-electron chi connectivity index (χ1n) is 11.1. The van der Waals surface area contributed by atoms with Gasteiger partial charge in [0.25, 0.3) is 0 Å². The van der Waals surface area contributed by atoms with Crippen LogP contribution in [0, 0.1) is 0 Å². The van der Waals surface area contributed by atoms with Gasteiger partial charge in [0.2, 0.25) is 0 Å². The average Bonchev–Trinajstić information content (AvgIpc) is 2.52. The molecule has 0 aliphatic rings. The zero-order chi connectivity index (χ0) is 22.7. The molecule has 1 aromatic rings. The molecule has 168 valence electrons. The fourth-order valence-corrected chi connectivity index (χ4v) is 5.39. The Balaban J connectivity index is 4.04. The first-order valence-corrected chi connectivity index (χ1v) is 12.6. The summed E-state index contributed by atoms with van der Waals surface area (Å²) in [4.78, 5) is 19.2. The Morgan fingerprint density at radius 2 is 1.17 bits per heavy atom. The van der Waals surface area contributed by atoms with Crippen molar-refractivity contribution >= 4 is 7.82 Å². The third kappa shape index (κ3) is 6.57. The van der Waals surface area contributed by atoms with E-state index in [-0.39, 0.29) is 16.2 Å². The van der Waals surface area contributed by atoms with Crippen LogP contribution in [0.25, 0.3) is 0 Å². The maximum atomic E-state index is 11.8. The van der Waals surface area contributed by atoms with Gasteiger partial charge in [-0.2, -0.15) is 0 Å². The van der Waals surface area contributed by atoms with E-state index < -0.39 is 7.82 Å². The summed E-state index contributed by atoms with van der Waals surface area (Å²) < 4.78 is 17.1. The molecule has 0 radical (unpaired) electrons. The van der Waals surface area contributed by atoms with Gasteiger partial charge in [0.15, 0.2) is 0 Å². The molecule has 2 N–H and O–H groups in total. The summed E-state index contributed by atoms with van der Waals surface area (Å²) in [5.41, 5.74) is 3.01. The van der Waals surface area contributed by atoms with Crippen molar-refractivity contribution < 1.29 is 18.9 Å². The van der Waals surface area contributed by atoms with Crippen molar-refractivity contribution in [2.75, 3.05) is 0 Å². The summed E-state index contributed by atoms with van der Waals surface area (Å²) in [6.45, 7) is 19.9. The van der Waals surface area contributed by atoms with Crippen LogP contribution in [-0.2, 0) is 20.8 Å². The molecular formula is C24H43O4P. The van der Waals surface area contributed by atoms with Gasteiger partial charge in [-0.1, -0.05) is 87.6 Å². The van der Waals surface area contributed by atoms with E-state index in [1.807, 2.05) is 6.07 Å². The van der Waals surface area contributed by atoms with E-state index >= 15 is 0 Å². The number of phosphoric acid groups is 1. The van der Waals surface area contributed by atoms with Gasteiger partial charge in [0.05, 0.1) is 0 Å². The highest BCUT2D eigenvalue weighted by atomic mass is 31.2. The number of phosphoric ester groups is 1. The maximum Gasteiger partial charge on any atom is 0.524 e. The van der Waals surface area contributed by atoms with Gasteiger partial charge < -0.3 is 4.52 Å². The van der Waals surface area contributed by atoms with Gasteiger partial charge in [-0.25, -0.2) is 4.57 Å². The third-order valence-corrected chi connectivity index (χ3v) is 6.53. The lowest BCUT2D eigenvalue weighted by atomic mass is 9.64. The standard InChI is InChI=1S/C24H43O4P/c1-10-15-22(4,5)18-13-14-19(28-29(25,26)27)21(24(8,9)17-12-3)20(18)23(6,7)16-11-2/h13-14H,10-12,15-17H2,1-9H3,(H2,25,26,27). The summed E-state index contributed by atoms with van der Waals surface area (Å²) in [5, 5.41) is 0. The number of hydrogen-bond donors (Lipinski definition) is 2. The summed E-state index contributed by atoms with van der Waals surface area (Å²) in [6, 6.07) is 3.82. The molecule has 0 aliphatic carbocycles. The van der Waals surface area contributed by atoms with E-state index in [1.54, 1.807) is 6.07 Å². The second kappa shape index (κ2) is 9.54. The van der Waals surface area contributed by atoms with Gasteiger partial charge in [-0.3, -0.25) is 9.79 Å². The highest BCUT2D eigenvalue weighted by Crippen LogP contribution is 2.51. The lowest BCUT2D eigenvalue weighted by Crippen LogP contribution is -2.32. The number of rotatable bonds is 11. The molecule has 0 fully saturated rings. The van der Waals surface area contributed by atoms with Crippen molar-refractivity contribution in [3.05, 3.63) is 28.8 Å². The van der Waals surface area contributed by atoms with E-state index in [0.29, 0.717) is 5.75 Å². The summed E-state index contributed by atoms with van der Waals surface area (Å²) in [5.74, 6) is 0.326. The molecule has 0 unspecified atom stereocenters.